The van der Waals surface area contributed by atoms with E-state index >= 15 is 0 Å². The lowest BCUT2D eigenvalue weighted by Crippen LogP contribution is -2.21. The second kappa shape index (κ2) is 3.60. The summed E-state index contributed by atoms with van der Waals surface area (Å²) in [5.74, 6) is 0. The van der Waals surface area contributed by atoms with Gasteiger partial charge in [0, 0.05) is 0 Å². The predicted octanol–water partition coefficient (Wildman–Crippen LogP) is 1.86. The highest BCUT2D eigenvalue weighted by molar-refractivity contribution is 6.00. The Morgan fingerprint density at radius 2 is 2.08 bits per heavy atom. The first kappa shape index (κ1) is 9.09. The van der Waals surface area contributed by atoms with E-state index in [2.05, 4.69) is 10.5 Å². The molecule has 0 amide bonds. The van der Waals surface area contributed by atoms with Crippen LogP contribution in [0.5, 0.6) is 0 Å². The van der Waals surface area contributed by atoms with Gasteiger partial charge in [-0.25, -0.2) is 13.2 Å². The van der Waals surface area contributed by atoms with Crippen molar-refractivity contribution in [1.82, 2.24) is 5.43 Å². The Morgan fingerprint density at radius 1 is 1.42 bits per heavy atom. The number of halogens is 3. The molecule has 1 aliphatic heterocycles. The van der Waals surface area contributed by atoms with Crippen molar-refractivity contribution >= 4 is 5.71 Å². The number of nitrogens with zero attached hydrogens (tertiary/aromatic N) is 2. The van der Waals surface area contributed by atoms with Gasteiger partial charge < -0.3 is 0 Å². The number of allylic oxidation sites excluding steroid dienone is 2. The largest absolute Gasteiger partial charge is 0.275 e. The van der Waals surface area contributed by atoms with E-state index in [9.17, 15) is 13.2 Å². The molecule has 0 bridgehead atoms. The SMILES string of the molecule is CCC1=CC(C(F)C(F)F)=N[N]1. The van der Waals surface area contributed by atoms with Crippen molar-refractivity contribution in [3.63, 3.8) is 0 Å². The predicted molar refractivity (Wildman–Crippen MR) is 38.8 cm³/mol. The molecular weight excluding hydrogens is 169 g/mol. The Morgan fingerprint density at radius 3 is 2.50 bits per heavy atom. The first-order valence-corrected chi connectivity index (χ1v) is 3.56. The van der Waals surface area contributed by atoms with E-state index in [0.717, 1.165) is 0 Å². The fourth-order valence-electron chi connectivity index (χ4n) is 0.787. The van der Waals surface area contributed by atoms with Gasteiger partial charge in [-0.1, -0.05) is 6.92 Å². The van der Waals surface area contributed by atoms with Gasteiger partial charge in [0.1, 0.15) is 5.71 Å². The van der Waals surface area contributed by atoms with Crippen molar-refractivity contribution in [3.8, 4) is 0 Å². The summed E-state index contributed by atoms with van der Waals surface area (Å²) >= 11 is 0. The Labute approximate surface area is 68.1 Å². The third-order valence-electron chi connectivity index (χ3n) is 1.47. The molecule has 1 aliphatic rings. The van der Waals surface area contributed by atoms with Crippen LogP contribution in [0.3, 0.4) is 0 Å². The molecule has 0 aliphatic carbocycles. The van der Waals surface area contributed by atoms with Gasteiger partial charge >= 0.3 is 0 Å². The summed E-state index contributed by atoms with van der Waals surface area (Å²) < 4.78 is 36.1. The number of hydrogen-bond donors (Lipinski definition) is 0. The lowest BCUT2D eigenvalue weighted by Gasteiger charge is -2.01. The summed E-state index contributed by atoms with van der Waals surface area (Å²) in [6.45, 7) is 1.80. The molecule has 0 N–H and O–H groups in total. The highest BCUT2D eigenvalue weighted by Gasteiger charge is 2.27. The van der Waals surface area contributed by atoms with Crippen LogP contribution in [0.15, 0.2) is 16.9 Å². The topological polar surface area (TPSA) is 26.5 Å². The molecule has 0 saturated heterocycles. The molecule has 12 heavy (non-hydrogen) atoms. The van der Waals surface area contributed by atoms with Crippen LogP contribution >= 0.6 is 0 Å². The highest BCUT2D eigenvalue weighted by Crippen LogP contribution is 2.14. The van der Waals surface area contributed by atoms with E-state index in [-0.39, 0.29) is 5.71 Å². The maximum absolute atomic E-state index is 12.6. The lowest BCUT2D eigenvalue weighted by molar-refractivity contribution is 0.0849. The molecule has 1 rings (SSSR count). The highest BCUT2D eigenvalue weighted by atomic mass is 19.3. The molecule has 2 nitrogen and oxygen atoms in total. The van der Waals surface area contributed by atoms with Gasteiger partial charge in [0.05, 0.1) is 5.70 Å². The van der Waals surface area contributed by atoms with Crippen molar-refractivity contribution in [3.05, 3.63) is 11.8 Å². The maximum atomic E-state index is 12.6. The third kappa shape index (κ3) is 1.78. The van der Waals surface area contributed by atoms with Crippen LogP contribution in [-0.4, -0.2) is 18.3 Å². The summed E-state index contributed by atoms with van der Waals surface area (Å²) in [7, 11) is 0. The number of hydrogen-bond acceptors (Lipinski definition) is 1. The van der Waals surface area contributed by atoms with Crippen LogP contribution in [0, 0.1) is 0 Å². The lowest BCUT2D eigenvalue weighted by atomic mass is 10.2. The zero-order chi connectivity index (χ0) is 9.14. The fraction of sp³-hybridized carbons (Fsp3) is 0.571. The molecule has 67 valence electrons. The Balaban J connectivity index is 2.61. The average Bonchev–Trinajstić information content (AvgIpc) is 2.50. The normalized spacial score (nSPS) is 18.8. The third-order valence-corrected chi connectivity index (χ3v) is 1.47. The van der Waals surface area contributed by atoms with Crippen LogP contribution in [0.25, 0.3) is 0 Å². The first-order chi connectivity index (χ1) is 5.65. The van der Waals surface area contributed by atoms with Gasteiger partial charge in [-0.2, -0.15) is 10.5 Å². The molecule has 0 aromatic rings. The minimum atomic E-state index is -3.02. The van der Waals surface area contributed by atoms with E-state index in [1.807, 2.05) is 0 Å². The monoisotopic (exact) mass is 177 g/mol. The minimum Gasteiger partial charge on any atom is -0.234 e. The van der Waals surface area contributed by atoms with E-state index in [4.69, 9.17) is 0 Å². The minimum absolute atomic E-state index is 0.276. The van der Waals surface area contributed by atoms with E-state index in [0.29, 0.717) is 12.1 Å². The second-order valence-electron chi connectivity index (χ2n) is 2.35. The smallest absolute Gasteiger partial charge is 0.234 e. The summed E-state index contributed by atoms with van der Waals surface area (Å²) in [6, 6.07) is 0. The molecule has 0 aromatic heterocycles. The molecular formula is C7H8F3N2. The quantitative estimate of drug-likeness (QED) is 0.629. The molecule has 1 radical (unpaired) electrons. The van der Waals surface area contributed by atoms with Crippen LogP contribution in [0.2, 0.25) is 0 Å². The van der Waals surface area contributed by atoms with E-state index in [1.54, 1.807) is 6.92 Å². The molecule has 5 heteroatoms. The number of alkyl halides is 3. The first-order valence-electron chi connectivity index (χ1n) is 3.56. The van der Waals surface area contributed by atoms with Gasteiger partial charge in [0.15, 0.2) is 0 Å². The van der Waals surface area contributed by atoms with Crippen LogP contribution in [0.1, 0.15) is 13.3 Å². The molecule has 0 spiro atoms. The van der Waals surface area contributed by atoms with Gasteiger partial charge in [-0.3, -0.25) is 0 Å². The summed E-state index contributed by atoms with van der Waals surface area (Å²) in [5.41, 5.74) is 3.77. The fourth-order valence-corrected chi connectivity index (χ4v) is 0.787. The van der Waals surface area contributed by atoms with Crippen molar-refractivity contribution in [2.24, 2.45) is 5.10 Å². The zero-order valence-electron chi connectivity index (χ0n) is 6.47. The Hall–Kier alpha value is -1.00. The van der Waals surface area contributed by atoms with Gasteiger partial charge in [-0.05, 0) is 12.5 Å². The Bertz CT molecular complexity index is 223. The summed E-state index contributed by atoms with van der Waals surface area (Å²) in [6.07, 6.45) is -3.50. The maximum Gasteiger partial charge on any atom is 0.275 e. The standard InChI is InChI=1S/C7H8F3N2/c1-2-4-3-5(12-11-4)6(8)7(9)10/h3,6-7H,2H2,1H3. The average molecular weight is 177 g/mol. The summed E-state index contributed by atoms with van der Waals surface area (Å²) in [4.78, 5) is 0. The van der Waals surface area contributed by atoms with Crippen LogP contribution in [-0.2, 0) is 0 Å². The van der Waals surface area contributed by atoms with Crippen molar-refractivity contribution in [2.75, 3.05) is 0 Å². The molecule has 1 atom stereocenters. The van der Waals surface area contributed by atoms with Gasteiger partial charge in [0.25, 0.3) is 6.43 Å². The van der Waals surface area contributed by atoms with Crippen molar-refractivity contribution in [2.45, 2.75) is 25.9 Å². The van der Waals surface area contributed by atoms with Crippen molar-refractivity contribution in [1.29, 1.82) is 0 Å². The van der Waals surface area contributed by atoms with Crippen LogP contribution < -0.4 is 5.43 Å². The second-order valence-corrected chi connectivity index (χ2v) is 2.35. The number of rotatable bonds is 3. The molecule has 0 fully saturated rings. The van der Waals surface area contributed by atoms with Gasteiger partial charge in [-0.15, -0.1) is 0 Å². The molecule has 1 unspecified atom stereocenters. The molecule has 0 aromatic carbocycles. The van der Waals surface area contributed by atoms with Gasteiger partial charge in [0.2, 0.25) is 6.17 Å². The van der Waals surface area contributed by atoms with Crippen molar-refractivity contribution < 1.29 is 13.2 Å². The Kier molecular flexibility index (Phi) is 2.73. The van der Waals surface area contributed by atoms with E-state index in [1.165, 1.54) is 6.08 Å². The summed E-state index contributed by atoms with van der Waals surface area (Å²) in [5, 5.41) is 3.30. The van der Waals surface area contributed by atoms with E-state index < -0.39 is 12.6 Å². The molecule has 0 saturated carbocycles. The van der Waals surface area contributed by atoms with Crippen LogP contribution in [0.4, 0.5) is 13.2 Å². The zero-order valence-corrected chi connectivity index (χ0v) is 6.47. The molecule has 1 heterocycles.